The fourth-order valence-corrected chi connectivity index (χ4v) is 1.99. The third-order valence-corrected chi connectivity index (χ3v) is 3.10. The number of amides is 1. The fraction of sp³-hybridized carbons (Fsp3) is 0.188. The molecule has 2 aromatic carbocycles. The maximum Gasteiger partial charge on any atom is 0.255 e. The van der Waals surface area contributed by atoms with E-state index in [2.05, 4.69) is 5.32 Å². The van der Waals surface area contributed by atoms with Crippen molar-refractivity contribution in [3.63, 3.8) is 0 Å². The van der Waals surface area contributed by atoms with E-state index in [1.54, 1.807) is 36.4 Å². The van der Waals surface area contributed by atoms with Gasteiger partial charge < -0.3 is 25.3 Å². The van der Waals surface area contributed by atoms with Crippen molar-refractivity contribution in [2.45, 2.75) is 0 Å². The zero-order valence-electron chi connectivity index (χ0n) is 12.7. The van der Waals surface area contributed by atoms with E-state index in [1.165, 1.54) is 21.3 Å². The van der Waals surface area contributed by atoms with Crippen LogP contribution < -0.4 is 25.3 Å². The quantitative estimate of drug-likeness (QED) is 0.829. The molecule has 0 bridgehead atoms. The summed E-state index contributed by atoms with van der Waals surface area (Å²) in [7, 11) is 4.55. The minimum Gasteiger partial charge on any atom is -0.493 e. The highest BCUT2D eigenvalue weighted by Gasteiger charge is 2.15. The van der Waals surface area contributed by atoms with Gasteiger partial charge in [-0.3, -0.25) is 4.79 Å². The standard InChI is InChI=1S/C16H18N2O4/c1-20-13-8-12(9-14(21-2)15(13)22-3)18-16(19)10-4-6-11(17)7-5-10/h4-9H,17H2,1-3H3,(H,18,19). The Bertz CT molecular complexity index is 643. The molecular formula is C16H18N2O4. The normalized spacial score (nSPS) is 9.95. The summed E-state index contributed by atoms with van der Waals surface area (Å²) in [4.78, 5) is 12.2. The molecule has 0 atom stereocenters. The van der Waals surface area contributed by atoms with Gasteiger partial charge in [-0.25, -0.2) is 0 Å². The molecule has 0 aromatic heterocycles. The molecule has 0 heterocycles. The summed E-state index contributed by atoms with van der Waals surface area (Å²) in [5.41, 5.74) is 7.25. The van der Waals surface area contributed by atoms with E-state index in [0.29, 0.717) is 34.2 Å². The Hall–Kier alpha value is -2.89. The predicted octanol–water partition coefficient (Wildman–Crippen LogP) is 2.55. The van der Waals surface area contributed by atoms with Crippen LogP contribution in [0.25, 0.3) is 0 Å². The van der Waals surface area contributed by atoms with Crippen LogP contribution in [0.5, 0.6) is 17.2 Å². The van der Waals surface area contributed by atoms with Gasteiger partial charge in [0.2, 0.25) is 5.75 Å². The summed E-state index contributed by atoms with van der Waals surface area (Å²) in [6.45, 7) is 0. The SMILES string of the molecule is COc1cc(NC(=O)c2ccc(N)cc2)cc(OC)c1OC. The zero-order valence-corrected chi connectivity index (χ0v) is 12.7. The molecule has 0 spiro atoms. The maximum atomic E-state index is 12.2. The summed E-state index contributed by atoms with van der Waals surface area (Å²) in [5, 5.41) is 2.78. The minimum atomic E-state index is -0.255. The zero-order chi connectivity index (χ0) is 16.1. The van der Waals surface area contributed by atoms with Crippen molar-refractivity contribution in [3.05, 3.63) is 42.0 Å². The average Bonchev–Trinajstić information content (AvgIpc) is 2.54. The number of carbonyl (C=O) groups is 1. The number of nitrogen functional groups attached to an aromatic ring is 1. The molecule has 0 radical (unpaired) electrons. The van der Waals surface area contributed by atoms with Crippen LogP contribution >= 0.6 is 0 Å². The second-order valence-corrected chi connectivity index (χ2v) is 4.49. The number of nitrogens with two attached hydrogens (primary N) is 1. The van der Waals surface area contributed by atoms with Crippen molar-refractivity contribution in [1.29, 1.82) is 0 Å². The van der Waals surface area contributed by atoms with Crippen LogP contribution in [0.3, 0.4) is 0 Å². The van der Waals surface area contributed by atoms with Gasteiger partial charge in [0, 0.05) is 29.1 Å². The third kappa shape index (κ3) is 3.22. The molecule has 6 nitrogen and oxygen atoms in total. The second kappa shape index (κ2) is 6.71. The second-order valence-electron chi connectivity index (χ2n) is 4.49. The Balaban J connectivity index is 2.29. The van der Waals surface area contributed by atoms with E-state index in [0.717, 1.165) is 0 Å². The van der Waals surface area contributed by atoms with Crippen molar-refractivity contribution >= 4 is 17.3 Å². The molecule has 2 aromatic rings. The van der Waals surface area contributed by atoms with E-state index in [4.69, 9.17) is 19.9 Å². The highest BCUT2D eigenvalue weighted by molar-refractivity contribution is 6.04. The summed E-state index contributed by atoms with van der Waals surface area (Å²) < 4.78 is 15.7. The number of ether oxygens (including phenoxy) is 3. The highest BCUT2D eigenvalue weighted by atomic mass is 16.5. The number of nitrogens with one attached hydrogen (secondary N) is 1. The molecule has 3 N–H and O–H groups in total. The molecule has 0 unspecified atom stereocenters. The van der Waals surface area contributed by atoms with Gasteiger partial charge in [-0.1, -0.05) is 0 Å². The van der Waals surface area contributed by atoms with Crippen LogP contribution in [0.4, 0.5) is 11.4 Å². The molecular weight excluding hydrogens is 284 g/mol. The van der Waals surface area contributed by atoms with Crippen molar-refractivity contribution in [2.24, 2.45) is 0 Å². The number of hydrogen-bond donors (Lipinski definition) is 2. The first-order chi connectivity index (χ1) is 10.6. The Morgan fingerprint density at radius 3 is 1.95 bits per heavy atom. The first-order valence-electron chi connectivity index (χ1n) is 6.56. The first-order valence-corrected chi connectivity index (χ1v) is 6.56. The lowest BCUT2D eigenvalue weighted by molar-refractivity contribution is 0.102. The molecule has 0 saturated carbocycles. The van der Waals surface area contributed by atoms with Crippen LogP contribution in [0, 0.1) is 0 Å². The fourth-order valence-electron chi connectivity index (χ4n) is 1.99. The lowest BCUT2D eigenvalue weighted by atomic mass is 10.2. The van der Waals surface area contributed by atoms with Crippen molar-refractivity contribution in [2.75, 3.05) is 32.4 Å². The lowest BCUT2D eigenvalue weighted by Gasteiger charge is -2.14. The molecule has 0 aliphatic carbocycles. The van der Waals surface area contributed by atoms with Gasteiger partial charge in [-0.2, -0.15) is 0 Å². The Labute approximate surface area is 128 Å². The third-order valence-electron chi connectivity index (χ3n) is 3.10. The molecule has 0 fully saturated rings. The first kappa shape index (κ1) is 15.5. The van der Waals surface area contributed by atoms with Gasteiger partial charge in [-0.15, -0.1) is 0 Å². The van der Waals surface area contributed by atoms with Crippen LogP contribution in [0.2, 0.25) is 0 Å². The van der Waals surface area contributed by atoms with Crippen LogP contribution in [0.15, 0.2) is 36.4 Å². The highest BCUT2D eigenvalue weighted by Crippen LogP contribution is 2.39. The van der Waals surface area contributed by atoms with Gasteiger partial charge in [0.1, 0.15) is 0 Å². The summed E-state index contributed by atoms with van der Waals surface area (Å²) in [6, 6.07) is 9.98. The topological polar surface area (TPSA) is 82.8 Å². The maximum absolute atomic E-state index is 12.2. The average molecular weight is 302 g/mol. The van der Waals surface area contributed by atoms with E-state index in [1.807, 2.05) is 0 Å². The molecule has 0 saturated heterocycles. The van der Waals surface area contributed by atoms with Gasteiger partial charge in [0.25, 0.3) is 5.91 Å². The molecule has 0 aliphatic rings. The van der Waals surface area contributed by atoms with Gasteiger partial charge in [0.15, 0.2) is 11.5 Å². The van der Waals surface area contributed by atoms with Crippen molar-refractivity contribution in [3.8, 4) is 17.2 Å². The summed E-state index contributed by atoms with van der Waals surface area (Å²) in [5.74, 6) is 1.15. The van der Waals surface area contributed by atoms with Gasteiger partial charge in [-0.05, 0) is 24.3 Å². The largest absolute Gasteiger partial charge is 0.493 e. The molecule has 116 valence electrons. The summed E-state index contributed by atoms with van der Waals surface area (Å²) in [6.07, 6.45) is 0. The molecule has 0 aliphatic heterocycles. The van der Waals surface area contributed by atoms with Crippen molar-refractivity contribution < 1.29 is 19.0 Å². The monoisotopic (exact) mass is 302 g/mol. The number of carbonyl (C=O) groups excluding carboxylic acids is 1. The van der Waals surface area contributed by atoms with E-state index in [-0.39, 0.29) is 5.91 Å². The lowest BCUT2D eigenvalue weighted by Crippen LogP contribution is -2.12. The van der Waals surface area contributed by atoms with E-state index in [9.17, 15) is 4.79 Å². The van der Waals surface area contributed by atoms with Crippen molar-refractivity contribution in [1.82, 2.24) is 0 Å². The number of rotatable bonds is 5. The van der Waals surface area contributed by atoms with Crippen LogP contribution in [-0.4, -0.2) is 27.2 Å². The van der Waals surface area contributed by atoms with E-state index < -0.39 is 0 Å². The van der Waals surface area contributed by atoms with Crippen LogP contribution in [-0.2, 0) is 0 Å². The van der Waals surface area contributed by atoms with Crippen LogP contribution in [0.1, 0.15) is 10.4 Å². The molecule has 2 rings (SSSR count). The smallest absolute Gasteiger partial charge is 0.255 e. The number of anilines is 2. The Morgan fingerprint density at radius 2 is 1.50 bits per heavy atom. The molecule has 1 amide bonds. The Morgan fingerprint density at radius 1 is 0.955 bits per heavy atom. The number of methoxy groups -OCH3 is 3. The summed E-state index contributed by atoms with van der Waals surface area (Å²) >= 11 is 0. The number of benzene rings is 2. The molecule has 6 heteroatoms. The minimum absolute atomic E-state index is 0.255. The number of hydrogen-bond acceptors (Lipinski definition) is 5. The predicted molar refractivity (Wildman–Crippen MR) is 84.9 cm³/mol. The van der Waals surface area contributed by atoms with E-state index >= 15 is 0 Å². The Kier molecular flexibility index (Phi) is 4.73. The van der Waals surface area contributed by atoms with Gasteiger partial charge >= 0.3 is 0 Å². The molecule has 22 heavy (non-hydrogen) atoms. The van der Waals surface area contributed by atoms with Gasteiger partial charge in [0.05, 0.1) is 21.3 Å².